The monoisotopic (exact) mass is 334 g/mol. The molecule has 2 atom stereocenters. The molecule has 5 rings (SSSR count). The first-order valence-electron chi connectivity index (χ1n) is 8.33. The quantitative estimate of drug-likeness (QED) is 0.619. The highest BCUT2D eigenvalue weighted by molar-refractivity contribution is 5.90. The molecule has 2 N–H and O–H groups in total. The molecule has 0 spiro atoms. The lowest BCUT2D eigenvalue weighted by atomic mass is 9.88. The van der Waals surface area contributed by atoms with Crippen LogP contribution in [0.15, 0.2) is 60.7 Å². The van der Waals surface area contributed by atoms with Gasteiger partial charge in [0.1, 0.15) is 0 Å². The third-order valence-electron chi connectivity index (χ3n) is 5.57. The number of terminal acetylenes is 2. The van der Waals surface area contributed by atoms with E-state index in [9.17, 15) is 10.2 Å². The average molecular weight is 334 g/mol. The molecule has 2 heteroatoms. The summed E-state index contributed by atoms with van der Waals surface area (Å²) in [5.74, 6) is 5.11. The van der Waals surface area contributed by atoms with Crippen LogP contribution in [-0.2, 0) is 11.2 Å². The Morgan fingerprint density at radius 3 is 1.35 bits per heavy atom. The molecule has 2 aliphatic carbocycles. The molecule has 0 saturated carbocycles. The SMILES string of the molecule is C#CC1(O)c2ccccc2-c2cc3c(cc21)-c1ccccc1C3(O)C#C. The van der Waals surface area contributed by atoms with Crippen LogP contribution < -0.4 is 0 Å². The molecular weight excluding hydrogens is 320 g/mol. The Hall–Kier alpha value is -3.30. The van der Waals surface area contributed by atoms with Crippen LogP contribution in [0.2, 0.25) is 0 Å². The van der Waals surface area contributed by atoms with Crippen LogP contribution in [-0.4, -0.2) is 10.2 Å². The number of fused-ring (bicyclic) bond motifs is 6. The van der Waals surface area contributed by atoms with Gasteiger partial charge in [-0.1, -0.05) is 60.4 Å². The molecule has 0 aliphatic heterocycles. The Labute approximate surface area is 151 Å². The lowest BCUT2D eigenvalue weighted by Crippen LogP contribution is -2.23. The highest BCUT2D eigenvalue weighted by Gasteiger charge is 2.46. The van der Waals surface area contributed by atoms with E-state index in [1.54, 1.807) is 0 Å². The Kier molecular flexibility index (Phi) is 2.68. The minimum Gasteiger partial charge on any atom is -0.369 e. The molecule has 2 unspecified atom stereocenters. The second kappa shape index (κ2) is 4.65. The summed E-state index contributed by atoms with van der Waals surface area (Å²) in [5.41, 5.74) is 3.01. The average Bonchev–Trinajstić information content (AvgIpc) is 3.10. The van der Waals surface area contributed by atoms with E-state index in [1.807, 2.05) is 60.7 Å². The van der Waals surface area contributed by atoms with Crippen LogP contribution in [0.3, 0.4) is 0 Å². The van der Waals surface area contributed by atoms with Crippen molar-refractivity contribution >= 4 is 0 Å². The Balaban J connectivity index is 1.91. The van der Waals surface area contributed by atoms with Gasteiger partial charge in [-0.25, -0.2) is 0 Å². The van der Waals surface area contributed by atoms with Gasteiger partial charge in [-0.05, 0) is 34.4 Å². The summed E-state index contributed by atoms with van der Waals surface area (Å²) in [5, 5.41) is 22.5. The van der Waals surface area contributed by atoms with E-state index in [2.05, 4.69) is 11.8 Å². The zero-order valence-electron chi connectivity index (χ0n) is 13.8. The highest BCUT2D eigenvalue weighted by Crippen LogP contribution is 2.54. The largest absolute Gasteiger partial charge is 0.369 e. The maximum atomic E-state index is 11.2. The van der Waals surface area contributed by atoms with Gasteiger partial charge in [0.05, 0.1) is 0 Å². The van der Waals surface area contributed by atoms with Gasteiger partial charge in [-0.15, -0.1) is 12.8 Å². The predicted octanol–water partition coefficient (Wildman–Crippen LogP) is 3.39. The third-order valence-corrected chi connectivity index (χ3v) is 5.57. The van der Waals surface area contributed by atoms with Crippen molar-refractivity contribution in [2.24, 2.45) is 0 Å². The van der Waals surface area contributed by atoms with Crippen molar-refractivity contribution < 1.29 is 10.2 Å². The predicted molar refractivity (Wildman–Crippen MR) is 101 cm³/mol. The minimum atomic E-state index is -1.49. The van der Waals surface area contributed by atoms with Crippen LogP contribution in [0.4, 0.5) is 0 Å². The maximum Gasteiger partial charge on any atom is 0.177 e. The van der Waals surface area contributed by atoms with E-state index >= 15 is 0 Å². The first kappa shape index (κ1) is 15.0. The zero-order valence-corrected chi connectivity index (χ0v) is 13.8. The fraction of sp³-hybridized carbons (Fsp3) is 0.0833. The van der Waals surface area contributed by atoms with E-state index in [0.29, 0.717) is 22.3 Å². The number of aliphatic hydroxyl groups is 2. The molecule has 0 bridgehead atoms. The normalized spacial score (nSPS) is 24.0. The van der Waals surface area contributed by atoms with Crippen molar-refractivity contribution in [1.29, 1.82) is 0 Å². The van der Waals surface area contributed by atoms with Crippen molar-refractivity contribution in [3.05, 3.63) is 82.9 Å². The molecule has 0 heterocycles. The van der Waals surface area contributed by atoms with Crippen molar-refractivity contribution in [3.8, 4) is 46.9 Å². The molecule has 2 nitrogen and oxygen atoms in total. The van der Waals surface area contributed by atoms with E-state index in [0.717, 1.165) is 22.3 Å². The summed E-state index contributed by atoms with van der Waals surface area (Å²) in [6.45, 7) is 0. The Morgan fingerprint density at radius 2 is 0.962 bits per heavy atom. The topological polar surface area (TPSA) is 40.5 Å². The van der Waals surface area contributed by atoms with Crippen LogP contribution in [0, 0.1) is 24.7 Å². The summed E-state index contributed by atoms with van der Waals surface area (Å²) in [4.78, 5) is 0. The second-order valence-electron chi connectivity index (χ2n) is 6.74. The van der Waals surface area contributed by atoms with Crippen LogP contribution in [0.25, 0.3) is 22.3 Å². The van der Waals surface area contributed by atoms with Crippen molar-refractivity contribution in [1.82, 2.24) is 0 Å². The van der Waals surface area contributed by atoms with Gasteiger partial charge in [0.2, 0.25) is 0 Å². The van der Waals surface area contributed by atoms with E-state index in [-0.39, 0.29) is 0 Å². The van der Waals surface area contributed by atoms with Crippen LogP contribution in [0.1, 0.15) is 22.3 Å². The van der Waals surface area contributed by atoms with Gasteiger partial charge in [0.15, 0.2) is 11.2 Å². The molecule has 0 fully saturated rings. The summed E-state index contributed by atoms with van der Waals surface area (Å²) in [6, 6.07) is 18.8. The number of rotatable bonds is 0. The molecule has 0 saturated heterocycles. The number of hydrogen-bond acceptors (Lipinski definition) is 2. The molecule has 0 amide bonds. The first-order chi connectivity index (χ1) is 12.5. The van der Waals surface area contributed by atoms with Gasteiger partial charge in [-0.2, -0.15) is 0 Å². The van der Waals surface area contributed by atoms with Crippen molar-refractivity contribution in [3.63, 3.8) is 0 Å². The lowest BCUT2D eigenvalue weighted by molar-refractivity contribution is 0.148. The zero-order chi connectivity index (χ0) is 18.1. The standard InChI is InChI=1S/C24H14O2/c1-3-23(25)19-11-7-5-9-15(19)17-14-22-18(13-21(17)23)16-10-6-8-12-20(16)24(22,26)4-2/h1-2,5-14,25-26H. The summed E-state index contributed by atoms with van der Waals surface area (Å²) in [7, 11) is 0. The fourth-order valence-corrected chi connectivity index (χ4v) is 4.31. The molecule has 3 aromatic carbocycles. The summed E-state index contributed by atoms with van der Waals surface area (Å²) < 4.78 is 0. The highest BCUT2D eigenvalue weighted by atomic mass is 16.3. The first-order valence-corrected chi connectivity index (χ1v) is 8.33. The van der Waals surface area contributed by atoms with Gasteiger partial charge >= 0.3 is 0 Å². The minimum absolute atomic E-state index is 0.649. The van der Waals surface area contributed by atoms with Crippen LogP contribution >= 0.6 is 0 Å². The van der Waals surface area contributed by atoms with E-state index in [4.69, 9.17) is 12.8 Å². The molecule has 122 valence electrons. The van der Waals surface area contributed by atoms with Gasteiger partial charge in [-0.3, -0.25) is 0 Å². The smallest absolute Gasteiger partial charge is 0.177 e. The molecule has 26 heavy (non-hydrogen) atoms. The van der Waals surface area contributed by atoms with Gasteiger partial charge in [0, 0.05) is 22.3 Å². The number of hydrogen-bond donors (Lipinski definition) is 2. The molecule has 2 aliphatic rings. The fourth-order valence-electron chi connectivity index (χ4n) is 4.31. The molecule has 3 aromatic rings. The Bertz CT molecular complexity index is 1100. The van der Waals surface area contributed by atoms with Gasteiger partial charge < -0.3 is 10.2 Å². The van der Waals surface area contributed by atoms with Crippen LogP contribution in [0.5, 0.6) is 0 Å². The Morgan fingerprint density at radius 1 is 0.577 bits per heavy atom. The van der Waals surface area contributed by atoms with Crippen molar-refractivity contribution in [2.45, 2.75) is 11.2 Å². The molecule has 0 radical (unpaired) electrons. The third kappa shape index (κ3) is 1.52. The second-order valence-corrected chi connectivity index (χ2v) is 6.74. The lowest BCUT2D eigenvalue weighted by Gasteiger charge is -2.21. The number of benzene rings is 3. The van der Waals surface area contributed by atoms with Crippen molar-refractivity contribution in [2.75, 3.05) is 0 Å². The van der Waals surface area contributed by atoms with E-state index < -0.39 is 11.2 Å². The maximum absolute atomic E-state index is 11.2. The van der Waals surface area contributed by atoms with Gasteiger partial charge in [0.25, 0.3) is 0 Å². The molecular formula is C24H14O2. The summed E-state index contributed by atoms with van der Waals surface area (Å²) in [6.07, 6.45) is 11.5. The van der Waals surface area contributed by atoms with E-state index in [1.165, 1.54) is 0 Å². The molecule has 0 aromatic heterocycles. The summed E-state index contributed by atoms with van der Waals surface area (Å²) >= 11 is 0.